The van der Waals surface area contributed by atoms with Crippen LogP contribution in [0.5, 0.6) is 0 Å². The maximum absolute atomic E-state index is 3.36. The first-order valence-electron chi connectivity index (χ1n) is 9.69. The zero-order valence-corrected chi connectivity index (χ0v) is 24.6. The van der Waals surface area contributed by atoms with E-state index in [0.717, 1.165) is 0 Å². The third kappa shape index (κ3) is 7.99. The molecule has 1 aliphatic carbocycles. The van der Waals surface area contributed by atoms with E-state index in [2.05, 4.69) is 101 Å². The Kier molecular flexibility index (Phi) is 13.8. The number of halogens is 2. The Labute approximate surface area is 214 Å². The largest absolute Gasteiger partial charge is 1.00 e. The molecule has 4 rings (SSSR count). The normalized spacial score (nSPS) is 14.6. The number of allylic oxidation sites excluding steroid dienone is 4. The van der Waals surface area contributed by atoms with Crippen molar-refractivity contribution < 1.29 is 48.1 Å². The average molecular weight is 553 g/mol. The minimum Gasteiger partial charge on any atom is -1.00 e. The predicted molar refractivity (Wildman–Crippen MR) is 125 cm³/mol. The number of aryl methyl sites for hydroxylation is 1. The molecule has 0 fully saturated rings. The van der Waals surface area contributed by atoms with Gasteiger partial charge in [0.1, 0.15) is 0 Å². The summed E-state index contributed by atoms with van der Waals surface area (Å²) in [6, 6.07) is 13.0. The summed E-state index contributed by atoms with van der Waals surface area (Å²) < 4.78 is 0. The topological polar surface area (TPSA) is 0 Å². The second-order valence-electron chi connectivity index (χ2n) is 7.60. The second kappa shape index (κ2) is 14.0. The quantitative estimate of drug-likeness (QED) is 0.321. The van der Waals surface area contributed by atoms with Crippen molar-refractivity contribution in [2.45, 2.75) is 47.7 Å². The molecule has 0 radical (unpaired) electrons. The van der Waals surface area contributed by atoms with Gasteiger partial charge in [0.05, 0.1) is 0 Å². The molecule has 1 aromatic heterocycles. The van der Waals surface area contributed by atoms with Crippen molar-refractivity contribution in [3.05, 3.63) is 75.5 Å². The smallest absolute Gasteiger partial charge is 0.00956 e. The van der Waals surface area contributed by atoms with Crippen molar-refractivity contribution >= 4 is 27.5 Å². The third-order valence-corrected chi connectivity index (χ3v) is 5.73. The van der Waals surface area contributed by atoms with E-state index in [1.807, 2.05) is 0 Å². The van der Waals surface area contributed by atoms with Gasteiger partial charge >= 0.3 is 41.9 Å². The van der Waals surface area contributed by atoms with Gasteiger partial charge in [-0.05, 0) is 10.8 Å². The fraction of sp³-hybridized carbons (Fsp3) is 0.320. The molecule has 30 heavy (non-hydrogen) atoms. The molecule has 160 valence electrons. The molecule has 2 aromatic carbocycles. The number of thiophene rings is 1. The molecule has 5 heteroatoms. The first-order chi connectivity index (χ1) is 13.2. The maximum Gasteiger partial charge on any atom is -0.00956 e. The number of hydrogen-bond donors (Lipinski definition) is 0. The summed E-state index contributed by atoms with van der Waals surface area (Å²) in [5, 5.41) is 7.07. The van der Waals surface area contributed by atoms with Gasteiger partial charge in [-0.2, -0.15) is 22.5 Å². The van der Waals surface area contributed by atoms with E-state index < -0.39 is 0 Å². The molecular weight excluding hydrogens is 523 g/mol. The second-order valence-corrected chi connectivity index (χ2v) is 17.8. The molecule has 0 aliphatic heterocycles. The summed E-state index contributed by atoms with van der Waals surface area (Å²) >= 11 is 3.49. The van der Waals surface area contributed by atoms with Crippen molar-refractivity contribution in [2.75, 3.05) is 0 Å². The van der Waals surface area contributed by atoms with Gasteiger partial charge in [-0.1, -0.05) is 51.3 Å². The van der Waals surface area contributed by atoms with E-state index in [1.54, 1.807) is 34.7 Å². The minimum atomic E-state index is 0. The van der Waals surface area contributed by atoms with Gasteiger partial charge in [0.15, 0.2) is 0 Å². The summed E-state index contributed by atoms with van der Waals surface area (Å²) in [5.41, 5.74) is 8.57. The van der Waals surface area contributed by atoms with Crippen LogP contribution in [-0.2, 0) is 23.3 Å². The van der Waals surface area contributed by atoms with Crippen LogP contribution in [0.15, 0.2) is 63.9 Å². The van der Waals surface area contributed by atoms with Gasteiger partial charge in [-0.25, -0.2) is 5.57 Å². The molecule has 0 amide bonds. The molecule has 1 heterocycles. The first kappa shape index (κ1) is 29.7. The Hall–Kier alpha value is -0.310. The summed E-state index contributed by atoms with van der Waals surface area (Å²) in [6.07, 6.45) is 3.36. The molecule has 3 aromatic rings. The first-order valence-corrected chi connectivity index (χ1v) is 16.8. The Morgan fingerprint density at radius 1 is 1.03 bits per heavy atom. The van der Waals surface area contributed by atoms with Crippen molar-refractivity contribution in [2.24, 2.45) is 5.92 Å². The van der Waals surface area contributed by atoms with Crippen molar-refractivity contribution in [1.82, 2.24) is 0 Å². The van der Waals surface area contributed by atoms with Crippen LogP contribution >= 0.6 is 11.3 Å². The van der Waals surface area contributed by atoms with Gasteiger partial charge in [0.2, 0.25) is 0 Å². The Balaban J connectivity index is 0.000000486. The van der Waals surface area contributed by atoms with E-state index in [0.29, 0.717) is 5.92 Å². The van der Waals surface area contributed by atoms with E-state index in [4.69, 9.17) is 0 Å². The molecule has 1 unspecified atom stereocenters. The zero-order chi connectivity index (χ0) is 20.8. The standard InChI is InChI=1S/C14H11S.C9H13.C2H6Si.2ClH.Zr/c1-10-8-11-4-2-3-5-13(11)14(10)12-6-7-15-9-12;1-6-5-7(2)9(4)8(6)3;1-3-2;;;/h2-9H,1H3;6H,1-4H3;1-2H3;2*1H;/q2*-1;;;;+2/p-2. The Bertz CT molecular complexity index is 1010. The van der Waals surface area contributed by atoms with E-state index in [1.165, 1.54) is 44.2 Å². The molecule has 0 saturated carbocycles. The van der Waals surface area contributed by atoms with Gasteiger partial charge in [0, 0.05) is 0 Å². The van der Waals surface area contributed by atoms with E-state index >= 15 is 0 Å². The van der Waals surface area contributed by atoms with Gasteiger partial charge < -0.3 is 24.8 Å². The van der Waals surface area contributed by atoms with Gasteiger partial charge in [-0.3, -0.25) is 6.08 Å². The fourth-order valence-electron chi connectivity index (χ4n) is 3.32. The fourth-order valence-corrected chi connectivity index (χ4v) is 3.97. The molecule has 0 N–H and O–H groups in total. The molecule has 0 spiro atoms. The van der Waals surface area contributed by atoms with Crippen molar-refractivity contribution in [1.29, 1.82) is 0 Å². The van der Waals surface area contributed by atoms with Crippen LogP contribution in [0.25, 0.3) is 21.9 Å². The summed E-state index contributed by atoms with van der Waals surface area (Å²) in [6.45, 7) is 15.5. The predicted octanol–water partition coefficient (Wildman–Crippen LogP) is 2.11. The van der Waals surface area contributed by atoms with Crippen LogP contribution in [-0.4, -0.2) is 5.43 Å². The van der Waals surface area contributed by atoms with Crippen LogP contribution in [0, 0.1) is 18.9 Å². The van der Waals surface area contributed by atoms with Crippen molar-refractivity contribution in [3.8, 4) is 11.1 Å². The molecule has 1 atom stereocenters. The third-order valence-electron chi connectivity index (χ3n) is 5.04. The monoisotopic (exact) mass is 550 g/mol. The maximum atomic E-state index is 3.36. The molecule has 0 saturated heterocycles. The number of rotatable bonds is 1. The zero-order valence-electron chi connectivity index (χ0n) is 18.9. The van der Waals surface area contributed by atoms with Crippen LogP contribution in [0.3, 0.4) is 0 Å². The van der Waals surface area contributed by atoms with E-state index in [-0.39, 0.29) is 30.2 Å². The summed E-state index contributed by atoms with van der Waals surface area (Å²) in [5.74, 6) is 0.560. The molecule has 1 aliphatic rings. The Morgan fingerprint density at radius 3 is 2.07 bits per heavy atom. The van der Waals surface area contributed by atoms with Crippen LogP contribution in [0.2, 0.25) is 13.1 Å². The van der Waals surface area contributed by atoms with Crippen LogP contribution < -0.4 is 24.8 Å². The molecule has 0 bridgehead atoms. The summed E-state index contributed by atoms with van der Waals surface area (Å²) in [4.78, 5) is 0. The number of fused-ring (bicyclic) bond motifs is 1. The van der Waals surface area contributed by atoms with Crippen LogP contribution in [0.1, 0.15) is 33.3 Å². The Morgan fingerprint density at radius 2 is 1.63 bits per heavy atom. The van der Waals surface area contributed by atoms with Gasteiger partial charge in [-0.15, -0.1) is 53.1 Å². The number of hydrogen-bond acceptors (Lipinski definition) is 1. The van der Waals surface area contributed by atoms with E-state index in [9.17, 15) is 0 Å². The van der Waals surface area contributed by atoms with Crippen LogP contribution in [0.4, 0.5) is 0 Å². The van der Waals surface area contributed by atoms with Crippen molar-refractivity contribution in [3.63, 3.8) is 0 Å². The average Bonchev–Trinajstić information content (AvgIpc) is 3.31. The summed E-state index contributed by atoms with van der Waals surface area (Å²) in [7, 11) is 0. The minimum absolute atomic E-state index is 0. The SMILES string of the molecule is CC1=[C-]C(C)C(C)=C1C.C[Si](C)=[Zr+2].Cc1[cH-]c2ccccc2c1-c1ccsc1.[Cl-].[Cl-]. The van der Waals surface area contributed by atoms with Gasteiger partial charge in [0.25, 0.3) is 0 Å². The number of benzene rings is 1. The molecular formula is C25H30Cl2SSiZr-2. The molecule has 0 nitrogen and oxygen atoms in total.